The van der Waals surface area contributed by atoms with E-state index in [4.69, 9.17) is 23.0 Å². The number of hydrogen-bond donors (Lipinski definition) is 0. The highest BCUT2D eigenvalue weighted by atomic mass is 33.1. The molecule has 8 nitrogen and oxygen atoms in total. The van der Waals surface area contributed by atoms with Crippen LogP contribution in [0.2, 0.25) is 0 Å². The lowest BCUT2D eigenvalue weighted by molar-refractivity contribution is 0.136. The van der Waals surface area contributed by atoms with E-state index in [1.165, 1.54) is 24.3 Å². The third-order valence-electron chi connectivity index (χ3n) is 5.00. The van der Waals surface area contributed by atoms with Gasteiger partial charge in [0.2, 0.25) is 0 Å². The van der Waals surface area contributed by atoms with Crippen molar-refractivity contribution in [3.63, 3.8) is 0 Å². The molecule has 0 fully saturated rings. The molecule has 0 N–H and O–H groups in total. The Balaban J connectivity index is 1.29. The van der Waals surface area contributed by atoms with Crippen molar-refractivity contribution in [1.29, 1.82) is 0 Å². The second kappa shape index (κ2) is 21.3. The number of benzene rings is 3. The van der Waals surface area contributed by atoms with Crippen molar-refractivity contribution in [2.45, 2.75) is 13.2 Å². The van der Waals surface area contributed by atoms with Gasteiger partial charge in [-0.2, -0.15) is 0 Å². The van der Waals surface area contributed by atoms with Crippen LogP contribution >= 0.6 is 51.0 Å². The first kappa shape index (κ1) is 34.0. The van der Waals surface area contributed by atoms with Crippen LogP contribution < -0.4 is 4.52 Å². The van der Waals surface area contributed by atoms with Crippen LogP contribution in [0.1, 0.15) is 11.1 Å². The summed E-state index contributed by atoms with van der Waals surface area (Å²) in [6, 6.07) is 26.1. The minimum absolute atomic E-state index is 0.189. The van der Waals surface area contributed by atoms with E-state index in [1.54, 1.807) is 43.2 Å². The monoisotopic (exact) mass is 655 g/mol. The molecular formula is C28H34NO7PS4. The highest BCUT2D eigenvalue weighted by Crippen LogP contribution is 2.50. The number of ether oxygens (including phenoxy) is 2. The van der Waals surface area contributed by atoms with Crippen LogP contribution in [0.5, 0.6) is 5.75 Å². The Labute approximate surface area is 257 Å². The summed E-state index contributed by atoms with van der Waals surface area (Å²) in [7, 11) is 2.66. The first-order valence-corrected chi connectivity index (χ1v) is 19.3. The van der Waals surface area contributed by atoms with E-state index < -0.39 is 7.82 Å². The van der Waals surface area contributed by atoms with E-state index in [2.05, 4.69) is 5.18 Å². The van der Waals surface area contributed by atoms with Crippen molar-refractivity contribution in [3.8, 4) is 5.75 Å². The molecular weight excluding hydrogens is 622 g/mol. The van der Waals surface area contributed by atoms with Crippen molar-refractivity contribution >= 4 is 56.7 Å². The molecule has 0 amide bonds. The van der Waals surface area contributed by atoms with Gasteiger partial charge < -0.3 is 14.0 Å². The van der Waals surface area contributed by atoms with E-state index in [-0.39, 0.29) is 24.7 Å². The topological polar surface area (TPSA) is 92.7 Å². The number of phosphoric acid groups is 1. The van der Waals surface area contributed by atoms with Crippen LogP contribution in [0.3, 0.4) is 0 Å². The smallest absolute Gasteiger partial charge is 0.404 e. The number of nitroso groups, excluding NO2 is 1. The summed E-state index contributed by atoms with van der Waals surface area (Å²) in [5, 5.41) is 2.87. The number of phosphoric ester groups is 1. The van der Waals surface area contributed by atoms with E-state index in [0.29, 0.717) is 37.9 Å². The van der Waals surface area contributed by atoms with Crippen molar-refractivity contribution in [2.75, 3.05) is 49.4 Å². The van der Waals surface area contributed by atoms with Crippen molar-refractivity contribution in [1.82, 2.24) is 0 Å². The maximum Gasteiger partial charge on any atom is 0.530 e. The minimum atomic E-state index is -3.87. The largest absolute Gasteiger partial charge is 0.530 e. The number of nitrogens with zero attached hydrogens (tertiary/aromatic N) is 1. The molecule has 41 heavy (non-hydrogen) atoms. The Kier molecular flexibility index (Phi) is 17.6. The summed E-state index contributed by atoms with van der Waals surface area (Å²) < 4.78 is 41.5. The van der Waals surface area contributed by atoms with Gasteiger partial charge in [-0.15, -0.1) is 4.91 Å². The molecule has 0 saturated carbocycles. The highest BCUT2D eigenvalue weighted by molar-refractivity contribution is 8.77. The zero-order valence-electron chi connectivity index (χ0n) is 22.5. The zero-order valence-corrected chi connectivity index (χ0v) is 26.7. The maximum absolute atomic E-state index is 13.3. The van der Waals surface area contributed by atoms with E-state index in [0.717, 1.165) is 22.6 Å². The van der Waals surface area contributed by atoms with E-state index >= 15 is 0 Å². The molecule has 0 aliphatic heterocycles. The molecule has 0 spiro atoms. The average molecular weight is 656 g/mol. The Morgan fingerprint density at radius 1 is 0.585 bits per heavy atom. The summed E-state index contributed by atoms with van der Waals surface area (Å²) >= 11 is 0. The maximum atomic E-state index is 13.3. The van der Waals surface area contributed by atoms with Crippen LogP contribution in [-0.2, 0) is 36.3 Å². The Morgan fingerprint density at radius 2 is 1.02 bits per heavy atom. The SMILES string of the molecule is O=Nc1ccc(OP(=O)(OCCSSCCOCc2ccccc2)OCCSSCCOCc2ccccc2)cc1. The molecule has 0 aliphatic rings. The lowest BCUT2D eigenvalue weighted by atomic mass is 10.2. The van der Waals surface area contributed by atoms with Gasteiger partial charge in [0.15, 0.2) is 0 Å². The fourth-order valence-electron chi connectivity index (χ4n) is 3.10. The predicted molar refractivity (Wildman–Crippen MR) is 174 cm³/mol. The molecule has 13 heteroatoms. The first-order valence-electron chi connectivity index (χ1n) is 12.9. The van der Waals surface area contributed by atoms with Gasteiger partial charge in [0.05, 0.1) is 39.6 Å². The molecule has 0 aliphatic carbocycles. The standard InChI is InChI=1S/C28H34NO7PS4/c30-29-27-11-13-28(14-12-27)36-37(31,34-17-21-40-38-19-15-32-23-25-7-3-1-4-8-25)35-18-22-41-39-20-16-33-24-26-9-5-2-6-10-26/h1-14H,15-24H2. The lowest BCUT2D eigenvalue weighted by Gasteiger charge is -2.18. The minimum Gasteiger partial charge on any atom is -0.404 e. The van der Waals surface area contributed by atoms with Crippen LogP contribution in [-0.4, -0.2) is 49.4 Å². The fraction of sp³-hybridized carbons (Fsp3) is 0.357. The molecule has 222 valence electrons. The van der Waals surface area contributed by atoms with Gasteiger partial charge in [-0.3, -0.25) is 9.05 Å². The fourth-order valence-corrected chi connectivity index (χ4v) is 7.92. The van der Waals surface area contributed by atoms with Gasteiger partial charge in [0.1, 0.15) is 11.4 Å². The summed E-state index contributed by atoms with van der Waals surface area (Å²) in [5.74, 6) is 3.12. The predicted octanol–water partition coefficient (Wildman–Crippen LogP) is 8.80. The molecule has 3 aromatic rings. The molecule has 0 aromatic heterocycles. The summed E-state index contributed by atoms with van der Waals surface area (Å²) in [5.41, 5.74) is 2.55. The van der Waals surface area contributed by atoms with Crippen molar-refractivity contribution < 1.29 is 27.6 Å². The van der Waals surface area contributed by atoms with Crippen molar-refractivity contribution in [2.24, 2.45) is 5.18 Å². The summed E-state index contributed by atoms with van der Waals surface area (Å²) in [6.07, 6.45) is 0. The summed E-state index contributed by atoms with van der Waals surface area (Å²) in [4.78, 5) is 10.7. The van der Waals surface area contributed by atoms with Gasteiger partial charge in [0.25, 0.3) is 0 Å². The van der Waals surface area contributed by atoms with Crippen LogP contribution in [0.15, 0.2) is 90.1 Å². The average Bonchev–Trinajstić information content (AvgIpc) is 3.01. The van der Waals surface area contributed by atoms with Crippen LogP contribution in [0.25, 0.3) is 0 Å². The molecule has 3 rings (SSSR count). The lowest BCUT2D eigenvalue weighted by Crippen LogP contribution is -2.07. The second-order valence-corrected chi connectivity index (χ2v) is 15.2. The van der Waals surface area contributed by atoms with Gasteiger partial charge in [-0.1, -0.05) is 104 Å². The number of hydrogen-bond acceptors (Lipinski definition) is 12. The third-order valence-corrected chi connectivity index (χ3v) is 11.1. The van der Waals surface area contributed by atoms with Gasteiger partial charge in [0, 0.05) is 23.0 Å². The second-order valence-electron chi connectivity index (χ2n) is 8.15. The molecule has 0 heterocycles. The number of rotatable bonds is 23. The summed E-state index contributed by atoms with van der Waals surface area (Å²) in [6.45, 7) is 2.84. The normalized spacial score (nSPS) is 11.4. The molecule has 0 bridgehead atoms. The molecule has 0 radical (unpaired) electrons. The van der Waals surface area contributed by atoms with Crippen LogP contribution in [0.4, 0.5) is 5.69 Å². The van der Waals surface area contributed by atoms with Gasteiger partial charge >= 0.3 is 7.82 Å². The van der Waals surface area contributed by atoms with Crippen LogP contribution in [0, 0.1) is 4.91 Å². The van der Waals surface area contributed by atoms with Gasteiger partial charge in [-0.25, -0.2) is 4.57 Å². The highest BCUT2D eigenvalue weighted by Gasteiger charge is 2.28. The third kappa shape index (κ3) is 15.5. The zero-order chi connectivity index (χ0) is 28.9. The first-order chi connectivity index (χ1) is 20.2. The molecule has 3 aromatic carbocycles. The Hall–Kier alpha value is -1.47. The quantitative estimate of drug-likeness (QED) is 0.0425. The van der Waals surface area contributed by atoms with E-state index in [9.17, 15) is 9.47 Å². The molecule has 0 unspecified atom stereocenters. The van der Waals surface area contributed by atoms with Crippen molar-refractivity contribution in [3.05, 3.63) is 101 Å². The van der Waals surface area contributed by atoms with E-state index in [1.807, 2.05) is 60.7 Å². The van der Waals surface area contributed by atoms with Gasteiger partial charge in [-0.05, 0) is 40.6 Å². The Bertz CT molecular complexity index is 1090. The molecule has 0 saturated heterocycles. The molecule has 0 atom stereocenters. The Morgan fingerprint density at radius 3 is 1.46 bits per heavy atom.